The molecule has 1 nitrogen and oxygen atoms in total. The largest absolute Gasteiger partial charge is 0.393 e. The Bertz CT molecular complexity index is 559. The lowest BCUT2D eigenvalue weighted by molar-refractivity contribution is -0.128. The van der Waals surface area contributed by atoms with Crippen LogP contribution in [0.15, 0.2) is 18.2 Å². The molecule has 0 aliphatic heterocycles. The molecule has 1 rings (SSSR count). The van der Waals surface area contributed by atoms with Crippen molar-refractivity contribution in [3.8, 4) is 0 Å². The third-order valence-electron chi connectivity index (χ3n) is 2.47. The Hall–Kier alpha value is -0.660. The van der Waals surface area contributed by atoms with Gasteiger partial charge in [-0.3, -0.25) is 4.79 Å². The van der Waals surface area contributed by atoms with Gasteiger partial charge in [-0.25, -0.2) is 0 Å². The number of carbonyl (C=O) groups is 1. The first kappa shape index (κ1) is 19.4. The zero-order chi connectivity index (χ0) is 17.3. The molecule has 0 heterocycles. The average Bonchev–Trinajstić information content (AvgIpc) is 2.25. The molecule has 1 aromatic carbocycles. The molecular weight excluding hydrogens is 380 g/mol. The molecule has 0 amide bonds. The van der Waals surface area contributed by atoms with Gasteiger partial charge >= 0.3 is 12.4 Å². The zero-order valence-electron chi connectivity index (χ0n) is 10.5. The van der Waals surface area contributed by atoms with Crippen LogP contribution in [0.25, 0.3) is 0 Å². The molecule has 1 aromatic rings. The molecule has 124 valence electrons. The minimum atomic E-state index is -4.67. The van der Waals surface area contributed by atoms with Crippen LogP contribution in [-0.2, 0) is 12.8 Å². The first-order valence-corrected chi connectivity index (χ1v) is 6.69. The fourth-order valence-corrected chi connectivity index (χ4v) is 2.00. The Balaban J connectivity index is 3.31. The van der Waals surface area contributed by atoms with Crippen LogP contribution < -0.4 is 0 Å². The molecule has 0 aliphatic rings. The highest BCUT2D eigenvalue weighted by molar-refractivity contribution is 6.77. The molecule has 0 radical (unpaired) electrons. The van der Waals surface area contributed by atoms with Gasteiger partial charge in [-0.1, -0.05) is 46.9 Å². The molecule has 0 saturated carbocycles. The van der Waals surface area contributed by atoms with Crippen molar-refractivity contribution in [3.05, 3.63) is 34.9 Å². The van der Waals surface area contributed by atoms with Crippen LogP contribution in [0.1, 0.15) is 21.5 Å². The summed E-state index contributed by atoms with van der Waals surface area (Å²) in [6, 6.07) is 2.29. The smallest absolute Gasteiger partial charge is 0.289 e. The number of hydrogen-bond donors (Lipinski definition) is 0. The summed E-state index contributed by atoms with van der Waals surface area (Å²) in [5, 5.41) is 0. The van der Waals surface area contributed by atoms with Crippen LogP contribution in [0.3, 0.4) is 0 Å². The monoisotopic (exact) mass is 386 g/mol. The minimum absolute atomic E-state index is 0.406. The zero-order valence-corrected chi connectivity index (χ0v) is 12.7. The molecule has 0 fully saturated rings. The van der Waals surface area contributed by atoms with E-state index in [9.17, 15) is 31.1 Å². The quantitative estimate of drug-likeness (QED) is 0.383. The van der Waals surface area contributed by atoms with E-state index in [-0.39, 0.29) is 0 Å². The Labute approximate surface area is 136 Å². The Morgan fingerprint density at radius 1 is 0.909 bits per heavy atom. The number of carbonyl (C=O) groups excluding carboxylic acids is 1. The molecule has 0 saturated heterocycles. The highest BCUT2D eigenvalue weighted by atomic mass is 35.6. The predicted molar refractivity (Wildman–Crippen MR) is 70.6 cm³/mol. The van der Waals surface area contributed by atoms with Gasteiger partial charge in [-0.05, 0) is 17.2 Å². The van der Waals surface area contributed by atoms with Crippen LogP contribution >= 0.6 is 34.8 Å². The van der Waals surface area contributed by atoms with E-state index in [0.29, 0.717) is 6.07 Å². The number of benzene rings is 1. The molecule has 0 unspecified atom stereocenters. The fraction of sp³-hybridized carbons (Fsp3) is 0.417. The van der Waals surface area contributed by atoms with Crippen molar-refractivity contribution in [2.45, 2.75) is 29.0 Å². The van der Waals surface area contributed by atoms with E-state index >= 15 is 0 Å². The van der Waals surface area contributed by atoms with Crippen molar-refractivity contribution < 1.29 is 31.1 Å². The Kier molecular flexibility index (Phi) is 5.69. The van der Waals surface area contributed by atoms with Crippen LogP contribution in [0.4, 0.5) is 26.3 Å². The van der Waals surface area contributed by atoms with Crippen LogP contribution in [-0.4, -0.2) is 21.9 Å². The van der Waals surface area contributed by atoms with E-state index < -0.39 is 51.5 Å². The maximum atomic E-state index is 12.5. The number of hydrogen-bond acceptors (Lipinski definition) is 1. The Morgan fingerprint density at radius 2 is 1.41 bits per heavy atom. The second-order valence-corrected chi connectivity index (χ2v) is 6.68. The predicted octanol–water partition coefficient (Wildman–Crippen LogP) is 5.45. The number of Topliss-reactive ketones (excluding diaryl/α,β-unsaturated/α-hetero) is 1. The summed E-state index contributed by atoms with van der Waals surface area (Å²) in [6.07, 6.45) is -12.2. The summed E-state index contributed by atoms with van der Waals surface area (Å²) >= 11 is 16.0. The van der Waals surface area contributed by atoms with E-state index in [2.05, 4.69) is 0 Å². The highest BCUT2D eigenvalue weighted by Gasteiger charge is 2.37. The standard InChI is InChI=1S/C12H7Cl3F6O/c13-12(14,15)9(22)8-3-6(4-10(16,17)18)1-2-7(8)5-11(19,20)21/h1-3H,4-5H2. The summed E-state index contributed by atoms with van der Waals surface area (Å²) in [5.41, 5.74) is -1.66. The summed E-state index contributed by atoms with van der Waals surface area (Å²) in [6.45, 7) is 0. The van der Waals surface area contributed by atoms with Crippen molar-refractivity contribution in [2.24, 2.45) is 0 Å². The van der Waals surface area contributed by atoms with Gasteiger partial charge in [0.25, 0.3) is 3.79 Å². The van der Waals surface area contributed by atoms with Crippen molar-refractivity contribution in [3.63, 3.8) is 0 Å². The molecule has 0 atom stereocenters. The van der Waals surface area contributed by atoms with E-state index in [1.807, 2.05) is 0 Å². The number of halogens is 9. The second-order valence-electron chi connectivity index (χ2n) is 4.40. The lowest BCUT2D eigenvalue weighted by Crippen LogP contribution is -2.23. The van der Waals surface area contributed by atoms with Gasteiger partial charge < -0.3 is 0 Å². The van der Waals surface area contributed by atoms with Gasteiger partial charge in [-0.2, -0.15) is 26.3 Å². The SMILES string of the molecule is O=C(c1cc(CC(F)(F)F)ccc1CC(F)(F)F)C(Cl)(Cl)Cl. The molecule has 10 heteroatoms. The lowest BCUT2D eigenvalue weighted by Gasteiger charge is -2.16. The topological polar surface area (TPSA) is 17.1 Å². The maximum absolute atomic E-state index is 12.5. The number of alkyl halides is 9. The third-order valence-corrected chi connectivity index (χ3v) is 2.99. The van der Waals surface area contributed by atoms with Crippen molar-refractivity contribution in [1.29, 1.82) is 0 Å². The first-order chi connectivity index (χ1) is 9.69. The van der Waals surface area contributed by atoms with Crippen LogP contribution in [0.2, 0.25) is 0 Å². The number of ketones is 1. The molecule has 0 aromatic heterocycles. The molecule has 0 bridgehead atoms. The van der Waals surface area contributed by atoms with Crippen molar-refractivity contribution >= 4 is 40.6 Å². The minimum Gasteiger partial charge on any atom is -0.289 e. The maximum Gasteiger partial charge on any atom is 0.393 e. The van der Waals surface area contributed by atoms with E-state index in [1.54, 1.807) is 0 Å². The van der Waals surface area contributed by atoms with Gasteiger partial charge in [0, 0.05) is 5.56 Å². The fourth-order valence-electron chi connectivity index (χ4n) is 1.70. The molecule has 0 spiro atoms. The van der Waals surface area contributed by atoms with Crippen LogP contribution in [0, 0.1) is 0 Å². The van der Waals surface area contributed by atoms with E-state index in [4.69, 9.17) is 34.8 Å². The third kappa shape index (κ3) is 6.22. The summed E-state index contributed by atoms with van der Waals surface area (Å²) in [5.74, 6) is -1.32. The normalized spacial score (nSPS) is 13.3. The van der Waals surface area contributed by atoms with Gasteiger partial charge in [0.15, 0.2) is 0 Å². The molecular formula is C12H7Cl3F6O. The average molecular weight is 388 g/mol. The second kappa shape index (κ2) is 6.45. The van der Waals surface area contributed by atoms with Gasteiger partial charge in [0.2, 0.25) is 5.78 Å². The Morgan fingerprint density at radius 3 is 1.82 bits per heavy atom. The summed E-state index contributed by atoms with van der Waals surface area (Å²) < 4.78 is 71.8. The van der Waals surface area contributed by atoms with Gasteiger partial charge in [0.1, 0.15) is 0 Å². The van der Waals surface area contributed by atoms with Gasteiger partial charge in [0.05, 0.1) is 12.8 Å². The van der Waals surface area contributed by atoms with Crippen molar-refractivity contribution in [1.82, 2.24) is 0 Å². The highest BCUT2D eigenvalue weighted by Crippen LogP contribution is 2.34. The summed E-state index contributed by atoms with van der Waals surface area (Å²) in [7, 11) is 0. The molecule has 0 N–H and O–H groups in total. The van der Waals surface area contributed by atoms with Gasteiger partial charge in [-0.15, -0.1) is 0 Å². The van der Waals surface area contributed by atoms with Crippen LogP contribution in [0.5, 0.6) is 0 Å². The molecule has 22 heavy (non-hydrogen) atoms. The number of rotatable bonds is 3. The lowest BCUT2D eigenvalue weighted by atomic mass is 9.97. The van der Waals surface area contributed by atoms with E-state index in [1.165, 1.54) is 0 Å². The summed E-state index contributed by atoms with van der Waals surface area (Å²) in [4.78, 5) is 11.8. The first-order valence-electron chi connectivity index (χ1n) is 5.56. The van der Waals surface area contributed by atoms with E-state index in [0.717, 1.165) is 12.1 Å². The molecule has 0 aliphatic carbocycles. The van der Waals surface area contributed by atoms with Crippen molar-refractivity contribution in [2.75, 3.05) is 0 Å².